The topological polar surface area (TPSA) is 34.1 Å². The Labute approximate surface area is 132 Å². The van der Waals surface area contributed by atoms with Gasteiger partial charge in [0.1, 0.15) is 0 Å². The van der Waals surface area contributed by atoms with E-state index in [2.05, 4.69) is 26.0 Å². The first kappa shape index (κ1) is 14.3. The molecule has 2 nitrogen and oxygen atoms in total. The number of sulfone groups is 1. The van der Waals surface area contributed by atoms with E-state index in [0.29, 0.717) is 22.6 Å². The van der Waals surface area contributed by atoms with E-state index in [-0.39, 0.29) is 11.2 Å². The molecular weight excluding hydrogens is 292 g/mol. The van der Waals surface area contributed by atoms with Crippen LogP contribution in [0.15, 0.2) is 58.5 Å². The van der Waals surface area contributed by atoms with Gasteiger partial charge in [0.2, 0.25) is 0 Å². The Morgan fingerprint density at radius 1 is 0.909 bits per heavy atom. The standard InChI is InChI=1S/C19H22O2S/c1-12-10-17(22(20,21)16-6-4-3-5-7-16)13(2)19-15-9-8-14(11-15)18(12)19/h3-9,12-15,17H,10-11H2,1-2H3. The highest BCUT2D eigenvalue weighted by atomic mass is 32.2. The molecule has 0 aromatic heterocycles. The van der Waals surface area contributed by atoms with Crippen LogP contribution in [0.2, 0.25) is 0 Å². The fourth-order valence-corrected chi connectivity index (χ4v) is 7.01. The van der Waals surface area contributed by atoms with Crippen molar-refractivity contribution in [3.8, 4) is 0 Å². The fraction of sp³-hybridized carbons (Fsp3) is 0.474. The average molecular weight is 314 g/mol. The van der Waals surface area contributed by atoms with Crippen LogP contribution >= 0.6 is 0 Å². The molecule has 3 heteroatoms. The van der Waals surface area contributed by atoms with Crippen LogP contribution in [0.5, 0.6) is 0 Å². The van der Waals surface area contributed by atoms with Crippen molar-refractivity contribution in [1.29, 1.82) is 0 Å². The molecular formula is C19H22O2S. The molecule has 5 atom stereocenters. The van der Waals surface area contributed by atoms with Crippen molar-refractivity contribution in [2.24, 2.45) is 23.7 Å². The minimum atomic E-state index is -3.26. The first-order valence-corrected chi connectivity index (χ1v) is 9.76. The van der Waals surface area contributed by atoms with Crippen molar-refractivity contribution in [1.82, 2.24) is 0 Å². The van der Waals surface area contributed by atoms with E-state index < -0.39 is 9.84 Å². The van der Waals surface area contributed by atoms with Crippen LogP contribution in [-0.2, 0) is 9.84 Å². The normalized spacial score (nSPS) is 36.7. The first-order chi connectivity index (χ1) is 10.5. The number of allylic oxidation sites excluding steroid dienone is 4. The highest BCUT2D eigenvalue weighted by Gasteiger charge is 2.48. The summed E-state index contributed by atoms with van der Waals surface area (Å²) in [5.41, 5.74) is 3.00. The molecule has 0 heterocycles. The number of hydrogen-bond acceptors (Lipinski definition) is 2. The van der Waals surface area contributed by atoms with Crippen molar-refractivity contribution in [3.05, 3.63) is 53.6 Å². The van der Waals surface area contributed by atoms with Crippen molar-refractivity contribution >= 4 is 9.84 Å². The molecule has 0 saturated carbocycles. The average Bonchev–Trinajstić information content (AvgIpc) is 3.13. The van der Waals surface area contributed by atoms with Crippen molar-refractivity contribution in [2.45, 2.75) is 36.8 Å². The van der Waals surface area contributed by atoms with Gasteiger partial charge in [0.25, 0.3) is 0 Å². The van der Waals surface area contributed by atoms with Gasteiger partial charge >= 0.3 is 0 Å². The molecule has 3 aliphatic carbocycles. The number of rotatable bonds is 2. The number of hydrogen-bond donors (Lipinski definition) is 0. The van der Waals surface area contributed by atoms with E-state index in [1.807, 2.05) is 18.2 Å². The Morgan fingerprint density at radius 3 is 2.23 bits per heavy atom. The Kier molecular flexibility index (Phi) is 3.12. The summed E-state index contributed by atoms with van der Waals surface area (Å²) in [4.78, 5) is 0.474. The van der Waals surface area contributed by atoms with Crippen LogP contribution in [-0.4, -0.2) is 13.7 Å². The molecule has 116 valence electrons. The van der Waals surface area contributed by atoms with E-state index in [1.54, 1.807) is 17.7 Å². The predicted molar refractivity (Wildman–Crippen MR) is 88.1 cm³/mol. The summed E-state index contributed by atoms with van der Waals surface area (Å²) >= 11 is 0. The molecule has 3 aliphatic rings. The van der Waals surface area contributed by atoms with Gasteiger partial charge in [0, 0.05) is 0 Å². The molecule has 0 spiro atoms. The maximum Gasteiger partial charge on any atom is 0.181 e. The van der Waals surface area contributed by atoms with E-state index in [4.69, 9.17) is 0 Å². The van der Waals surface area contributed by atoms with Crippen LogP contribution in [0.4, 0.5) is 0 Å². The lowest BCUT2D eigenvalue weighted by molar-refractivity contribution is 0.427. The Balaban J connectivity index is 1.75. The summed E-state index contributed by atoms with van der Waals surface area (Å²) in [5, 5.41) is -0.281. The van der Waals surface area contributed by atoms with Gasteiger partial charge < -0.3 is 0 Å². The van der Waals surface area contributed by atoms with Crippen molar-refractivity contribution in [2.75, 3.05) is 0 Å². The first-order valence-electron chi connectivity index (χ1n) is 8.21. The molecule has 0 amide bonds. The predicted octanol–water partition coefficient (Wildman–Crippen LogP) is 4.01. The van der Waals surface area contributed by atoms with Crippen molar-refractivity contribution in [3.63, 3.8) is 0 Å². The van der Waals surface area contributed by atoms with E-state index >= 15 is 0 Å². The molecule has 4 rings (SSSR count). The van der Waals surface area contributed by atoms with Gasteiger partial charge in [0.05, 0.1) is 10.1 Å². The van der Waals surface area contributed by atoms with Crippen LogP contribution in [0.1, 0.15) is 26.7 Å². The summed E-state index contributed by atoms with van der Waals surface area (Å²) in [5.74, 6) is 1.59. The summed E-state index contributed by atoms with van der Waals surface area (Å²) in [7, 11) is -3.26. The third kappa shape index (κ3) is 1.88. The lowest BCUT2D eigenvalue weighted by Gasteiger charge is -2.37. The molecule has 0 N–H and O–H groups in total. The molecule has 22 heavy (non-hydrogen) atoms. The molecule has 5 unspecified atom stereocenters. The lowest BCUT2D eigenvalue weighted by atomic mass is 9.73. The SMILES string of the molecule is CC1CC(S(=O)(=O)c2ccccc2)C(C)C2=C1C1C=CC2C1. The van der Waals surface area contributed by atoms with Crippen LogP contribution in [0, 0.1) is 23.7 Å². The largest absolute Gasteiger partial charge is 0.223 e. The molecule has 1 aromatic rings. The van der Waals surface area contributed by atoms with Crippen molar-refractivity contribution < 1.29 is 8.42 Å². The molecule has 0 saturated heterocycles. The quantitative estimate of drug-likeness (QED) is 0.773. The highest BCUT2D eigenvalue weighted by molar-refractivity contribution is 7.92. The Morgan fingerprint density at radius 2 is 1.55 bits per heavy atom. The van der Waals surface area contributed by atoms with Crippen LogP contribution < -0.4 is 0 Å². The zero-order chi connectivity index (χ0) is 15.5. The maximum absolute atomic E-state index is 13.1. The van der Waals surface area contributed by atoms with Gasteiger partial charge in [-0.05, 0) is 48.6 Å². The summed E-state index contributed by atoms with van der Waals surface area (Å²) in [6.07, 6.45) is 6.56. The second-order valence-electron chi connectivity index (χ2n) is 7.07. The zero-order valence-corrected chi connectivity index (χ0v) is 13.9. The molecule has 0 radical (unpaired) electrons. The zero-order valence-electron chi connectivity index (χ0n) is 13.1. The Bertz CT molecular complexity index is 758. The number of benzene rings is 1. The summed E-state index contributed by atoms with van der Waals surface area (Å²) in [6, 6.07) is 8.96. The molecule has 1 aromatic carbocycles. The summed E-state index contributed by atoms with van der Waals surface area (Å²) in [6.45, 7) is 4.34. The second-order valence-corrected chi connectivity index (χ2v) is 9.23. The Hall–Kier alpha value is -1.35. The summed E-state index contributed by atoms with van der Waals surface area (Å²) < 4.78 is 26.2. The third-order valence-corrected chi connectivity index (χ3v) is 8.18. The lowest BCUT2D eigenvalue weighted by Crippen LogP contribution is -2.37. The van der Waals surface area contributed by atoms with Gasteiger partial charge in [-0.15, -0.1) is 0 Å². The van der Waals surface area contributed by atoms with E-state index in [9.17, 15) is 8.42 Å². The van der Waals surface area contributed by atoms with E-state index in [0.717, 1.165) is 6.42 Å². The molecule has 2 bridgehead atoms. The minimum absolute atomic E-state index is 0.136. The maximum atomic E-state index is 13.1. The monoisotopic (exact) mass is 314 g/mol. The second kappa shape index (κ2) is 4.82. The number of fused-ring (bicyclic) bond motifs is 4. The van der Waals surface area contributed by atoms with Gasteiger partial charge in [-0.2, -0.15) is 0 Å². The smallest absolute Gasteiger partial charge is 0.181 e. The van der Waals surface area contributed by atoms with Crippen LogP contribution in [0.3, 0.4) is 0 Å². The van der Waals surface area contributed by atoms with Gasteiger partial charge in [-0.3, -0.25) is 0 Å². The third-order valence-electron chi connectivity index (χ3n) is 5.85. The fourth-order valence-electron chi connectivity index (χ4n) is 4.90. The van der Waals surface area contributed by atoms with Gasteiger partial charge in [-0.1, -0.05) is 55.3 Å². The minimum Gasteiger partial charge on any atom is -0.223 e. The molecule has 0 aliphatic heterocycles. The van der Waals surface area contributed by atoms with Gasteiger partial charge in [0.15, 0.2) is 9.84 Å². The highest BCUT2D eigenvalue weighted by Crippen LogP contribution is 2.55. The van der Waals surface area contributed by atoms with Crippen LogP contribution in [0.25, 0.3) is 0 Å². The van der Waals surface area contributed by atoms with Gasteiger partial charge in [-0.25, -0.2) is 8.42 Å². The molecule has 0 fully saturated rings. The van der Waals surface area contributed by atoms with E-state index in [1.165, 1.54) is 12.0 Å².